The molecule has 0 aromatic rings. The van der Waals surface area contributed by atoms with Crippen molar-refractivity contribution in [2.45, 2.75) is 50.0 Å². The third-order valence-corrected chi connectivity index (χ3v) is 4.01. The molecule has 0 saturated carbocycles. The number of hydrogen-bond donors (Lipinski definition) is 4. The second kappa shape index (κ2) is 4.35. The first-order valence-electron chi connectivity index (χ1n) is 5.92. The van der Waals surface area contributed by atoms with E-state index >= 15 is 0 Å². The molecule has 90 valence electrons. The zero-order chi connectivity index (χ0) is 11.8. The van der Waals surface area contributed by atoms with Crippen molar-refractivity contribution in [2.24, 2.45) is 5.92 Å². The molecule has 4 N–H and O–H groups in total. The van der Waals surface area contributed by atoms with E-state index in [2.05, 4.69) is 5.32 Å². The zero-order valence-corrected chi connectivity index (χ0v) is 9.22. The molecule has 0 unspecified atom stereocenters. The molecule has 2 aliphatic heterocycles. The van der Waals surface area contributed by atoms with E-state index in [1.807, 2.05) is 0 Å². The molecule has 2 bridgehead atoms. The van der Waals surface area contributed by atoms with Gasteiger partial charge in [0.25, 0.3) is 0 Å². The van der Waals surface area contributed by atoms with Gasteiger partial charge in [-0.2, -0.15) is 0 Å². The van der Waals surface area contributed by atoms with Crippen molar-refractivity contribution in [3.05, 3.63) is 0 Å². The number of carboxylic acid groups (broad SMARTS) is 1. The van der Waals surface area contributed by atoms with Crippen molar-refractivity contribution in [1.82, 2.24) is 5.32 Å². The third kappa shape index (κ3) is 1.97. The molecule has 3 atom stereocenters. The highest BCUT2D eigenvalue weighted by Gasteiger charge is 2.56. The Morgan fingerprint density at radius 3 is 2.81 bits per heavy atom. The van der Waals surface area contributed by atoms with Gasteiger partial charge >= 0.3 is 13.1 Å². The fraction of sp³-hybridized carbons (Fsp3) is 0.900. The Kier molecular flexibility index (Phi) is 3.23. The number of rotatable bonds is 5. The molecule has 0 aliphatic carbocycles. The van der Waals surface area contributed by atoms with Crippen LogP contribution in [0, 0.1) is 5.92 Å². The topological polar surface area (TPSA) is 89.8 Å². The van der Waals surface area contributed by atoms with Gasteiger partial charge in [-0.25, -0.2) is 0 Å². The molecule has 5 nitrogen and oxygen atoms in total. The van der Waals surface area contributed by atoms with Crippen molar-refractivity contribution in [2.75, 3.05) is 0 Å². The molecule has 0 aromatic heterocycles. The van der Waals surface area contributed by atoms with E-state index in [1.165, 1.54) is 0 Å². The van der Waals surface area contributed by atoms with Gasteiger partial charge in [0.2, 0.25) is 0 Å². The molecule has 0 amide bonds. The number of hydrogen-bond acceptors (Lipinski definition) is 4. The normalized spacial score (nSPS) is 36.6. The highest BCUT2D eigenvalue weighted by Crippen LogP contribution is 2.44. The second-order valence-electron chi connectivity index (χ2n) is 5.00. The van der Waals surface area contributed by atoms with E-state index in [4.69, 9.17) is 10.0 Å². The molecular weight excluding hydrogens is 209 g/mol. The second-order valence-corrected chi connectivity index (χ2v) is 5.00. The van der Waals surface area contributed by atoms with Gasteiger partial charge in [0.05, 0.1) is 0 Å². The first kappa shape index (κ1) is 11.9. The molecule has 16 heavy (non-hydrogen) atoms. The van der Waals surface area contributed by atoms with Gasteiger partial charge in [0, 0.05) is 6.04 Å². The Hall–Kier alpha value is -0.585. The van der Waals surface area contributed by atoms with Crippen molar-refractivity contribution >= 4 is 13.1 Å². The van der Waals surface area contributed by atoms with Crippen molar-refractivity contribution in [3.8, 4) is 0 Å². The molecule has 2 heterocycles. The summed E-state index contributed by atoms with van der Waals surface area (Å²) in [6.07, 6.45) is 4.33. The van der Waals surface area contributed by atoms with Crippen molar-refractivity contribution in [3.63, 3.8) is 0 Å². The average Bonchev–Trinajstić information content (AvgIpc) is 2.75. The summed E-state index contributed by atoms with van der Waals surface area (Å²) in [5.41, 5.74) is -0.731. The summed E-state index contributed by atoms with van der Waals surface area (Å²) < 4.78 is 0. The number of aliphatic carboxylic acids is 1. The lowest BCUT2D eigenvalue weighted by molar-refractivity contribution is -0.146. The average molecular weight is 227 g/mol. The maximum absolute atomic E-state index is 11.3. The molecule has 2 fully saturated rings. The predicted molar refractivity (Wildman–Crippen MR) is 58.9 cm³/mol. The first-order valence-corrected chi connectivity index (χ1v) is 5.92. The van der Waals surface area contributed by atoms with Gasteiger partial charge in [0.15, 0.2) is 0 Å². The molecule has 2 aliphatic rings. The maximum Gasteiger partial charge on any atom is 0.451 e. The van der Waals surface area contributed by atoms with Gasteiger partial charge in [0.1, 0.15) is 5.54 Å². The Bertz CT molecular complexity index is 286. The Morgan fingerprint density at radius 2 is 2.25 bits per heavy atom. The van der Waals surface area contributed by atoms with Crippen LogP contribution in [0.2, 0.25) is 6.32 Å². The van der Waals surface area contributed by atoms with Crippen LogP contribution < -0.4 is 5.32 Å². The monoisotopic (exact) mass is 227 g/mol. The molecule has 2 rings (SSSR count). The molecule has 6 heteroatoms. The standard InChI is InChI=1S/C10H18BNO4/c13-9(14)10-4-3-8(12-10)6-7(10)2-1-5-11(15)16/h7-8,12,15-16H,1-6H2,(H,13,14)/t7-,8-,10-/m1/s1. The predicted octanol–water partition coefficient (Wildman–Crippen LogP) is -0.165. The van der Waals surface area contributed by atoms with E-state index in [1.54, 1.807) is 0 Å². The summed E-state index contributed by atoms with van der Waals surface area (Å²) in [6.45, 7) is 0. The van der Waals surface area contributed by atoms with E-state index in [0.29, 0.717) is 25.2 Å². The summed E-state index contributed by atoms with van der Waals surface area (Å²) in [4.78, 5) is 11.3. The molecular formula is C10H18BNO4. The van der Waals surface area contributed by atoms with Crippen molar-refractivity contribution < 1.29 is 19.9 Å². The molecule has 0 radical (unpaired) electrons. The SMILES string of the molecule is O=C(O)[C@@]12CC[C@H](C[C@H]1CCCB(O)O)N2. The first-order chi connectivity index (χ1) is 7.54. The largest absolute Gasteiger partial charge is 0.480 e. The number of carbonyl (C=O) groups is 1. The third-order valence-electron chi connectivity index (χ3n) is 4.01. The van der Waals surface area contributed by atoms with Crippen LogP contribution in [0.4, 0.5) is 0 Å². The van der Waals surface area contributed by atoms with Crippen molar-refractivity contribution in [1.29, 1.82) is 0 Å². The van der Waals surface area contributed by atoms with Gasteiger partial charge < -0.3 is 15.2 Å². The summed E-state index contributed by atoms with van der Waals surface area (Å²) in [7, 11) is -1.27. The van der Waals surface area contributed by atoms with Gasteiger partial charge in [-0.05, 0) is 37.9 Å². The highest BCUT2D eigenvalue weighted by atomic mass is 16.4. The van der Waals surface area contributed by atoms with Crippen LogP contribution in [0.25, 0.3) is 0 Å². The minimum absolute atomic E-state index is 0.141. The smallest absolute Gasteiger partial charge is 0.451 e. The Morgan fingerprint density at radius 1 is 1.50 bits per heavy atom. The summed E-state index contributed by atoms with van der Waals surface area (Å²) in [6, 6.07) is 0.347. The van der Waals surface area contributed by atoms with E-state index < -0.39 is 18.6 Å². The van der Waals surface area contributed by atoms with Crippen LogP contribution in [-0.4, -0.2) is 39.8 Å². The summed E-state index contributed by atoms with van der Waals surface area (Å²) in [5.74, 6) is -0.607. The minimum Gasteiger partial charge on any atom is -0.480 e. The molecule has 0 spiro atoms. The van der Waals surface area contributed by atoms with Crippen LogP contribution in [-0.2, 0) is 4.79 Å². The fourth-order valence-electron chi connectivity index (χ4n) is 3.21. The highest BCUT2D eigenvalue weighted by molar-refractivity contribution is 6.40. The lowest BCUT2D eigenvalue weighted by atomic mass is 9.73. The minimum atomic E-state index is -1.27. The van der Waals surface area contributed by atoms with Crippen LogP contribution >= 0.6 is 0 Å². The van der Waals surface area contributed by atoms with Crippen LogP contribution in [0.1, 0.15) is 32.1 Å². The zero-order valence-electron chi connectivity index (χ0n) is 9.22. The van der Waals surface area contributed by atoms with E-state index in [9.17, 15) is 9.90 Å². The quantitative estimate of drug-likeness (QED) is 0.490. The lowest BCUT2D eigenvalue weighted by Gasteiger charge is -2.30. The number of carboxylic acids is 1. The Labute approximate surface area is 95.0 Å². The van der Waals surface area contributed by atoms with E-state index in [-0.39, 0.29) is 5.92 Å². The maximum atomic E-state index is 11.3. The lowest BCUT2D eigenvalue weighted by Crippen LogP contribution is -2.49. The van der Waals surface area contributed by atoms with Gasteiger partial charge in [-0.15, -0.1) is 0 Å². The van der Waals surface area contributed by atoms with Gasteiger partial charge in [-0.1, -0.05) is 6.42 Å². The van der Waals surface area contributed by atoms with E-state index in [0.717, 1.165) is 19.3 Å². The van der Waals surface area contributed by atoms with Crippen LogP contribution in [0.5, 0.6) is 0 Å². The number of nitrogens with one attached hydrogen (secondary N) is 1. The molecule has 2 saturated heterocycles. The fourth-order valence-corrected chi connectivity index (χ4v) is 3.21. The van der Waals surface area contributed by atoms with Crippen LogP contribution in [0.15, 0.2) is 0 Å². The molecule has 0 aromatic carbocycles. The van der Waals surface area contributed by atoms with Gasteiger partial charge in [-0.3, -0.25) is 10.1 Å². The number of fused-ring (bicyclic) bond motifs is 2. The Balaban J connectivity index is 1.92. The van der Waals surface area contributed by atoms with Crippen LogP contribution in [0.3, 0.4) is 0 Å². The summed E-state index contributed by atoms with van der Waals surface area (Å²) >= 11 is 0. The summed E-state index contributed by atoms with van der Waals surface area (Å²) in [5, 5.41) is 30.0.